The number of hydrogen-bond donors (Lipinski definition) is 2. The second-order valence-electron chi connectivity index (χ2n) is 4.62. The quantitative estimate of drug-likeness (QED) is 0.853. The third kappa shape index (κ3) is 4.17. The molecule has 6 heteroatoms. The molecular formula is C13H18F2N2O2. The maximum atomic E-state index is 13.2. The van der Waals surface area contributed by atoms with E-state index in [4.69, 9.17) is 5.11 Å². The van der Waals surface area contributed by atoms with Crippen molar-refractivity contribution < 1.29 is 18.7 Å². The number of carbonyl (C=O) groups excluding carboxylic acids is 1. The number of phenols is 1. The molecule has 1 atom stereocenters. The number of benzene rings is 1. The van der Waals surface area contributed by atoms with Gasteiger partial charge in [-0.15, -0.1) is 0 Å². The summed E-state index contributed by atoms with van der Waals surface area (Å²) in [5.74, 6) is -3.24. The predicted molar refractivity (Wildman–Crippen MR) is 67.6 cm³/mol. The fourth-order valence-corrected chi connectivity index (χ4v) is 1.88. The average molecular weight is 272 g/mol. The van der Waals surface area contributed by atoms with E-state index in [9.17, 15) is 13.6 Å². The highest BCUT2D eigenvalue weighted by molar-refractivity contribution is 5.78. The van der Waals surface area contributed by atoms with Crippen molar-refractivity contribution in [1.82, 2.24) is 10.2 Å². The highest BCUT2D eigenvalue weighted by Crippen LogP contribution is 2.22. The van der Waals surface area contributed by atoms with Gasteiger partial charge in [0.1, 0.15) is 0 Å². The van der Waals surface area contributed by atoms with Gasteiger partial charge in [0.05, 0.1) is 0 Å². The van der Waals surface area contributed by atoms with Gasteiger partial charge in [-0.3, -0.25) is 4.79 Å². The number of carbonyl (C=O) groups is 1. The fourth-order valence-electron chi connectivity index (χ4n) is 1.88. The summed E-state index contributed by atoms with van der Waals surface area (Å²) in [6.07, 6.45) is 0. The monoisotopic (exact) mass is 272 g/mol. The van der Waals surface area contributed by atoms with Crippen LogP contribution < -0.4 is 5.32 Å². The van der Waals surface area contributed by atoms with Crippen molar-refractivity contribution in [1.29, 1.82) is 0 Å². The number of nitrogens with one attached hydrogen (secondary N) is 1. The van der Waals surface area contributed by atoms with Gasteiger partial charge in [0.25, 0.3) is 0 Å². The Labute approximate surface area is 111 Å². The highest BCUT2D eigenvalue weighted by atomic mass is 19.1. The first-order chi connectivity index (χ1) is 8.85. The van der Waals surface area contributed by atoms with Crippen LogP contribution in [-0.4, -0.2) is 36.6 Å². The first-order valence-corrected chi connectivity index (χ1v) is 5.92. The molecule has 0 radical (unpaired) electrons. The molecule has 2 N–H and O–H groups in total. The molecule has 1 aromatic carbocycles. The second kappa shape index (κ2) is 6.47. The third-order valence-corrected chi connectivity index (χ3v) is 2.81. The number of nitrogens with zero attached hydrogens (tertiary/aromatic N) is 1. The van der Waals surface area contributed by atoms with Crippen LogP contribution in [0, 0.1) is 17.6 Å². The molecule has 1 unspecified atom stereocenters. The Kier molecular flexibility index (Phi) is 5.23. The highest BCUT2D eigenvalue weighted by Gasteiger charge is 2.15. The van der Waals surface area contributed by atoms with E-state index in [0.717, 1.165) is 12.1 Å². The molecule has 0 aliphatic rings. The SMILES string of the molecule is CNC(=O)C(C)CN(C)Cc1cc(F)c(O)c(F)c1. The summed E-state index contributed by atoms with van der Waals surface area (Å²) in [6, 6.07) is 2.17. The number of phenolic OH excluding ortho intramolecular Hbond substituents is 1. The van der Waals surface area contributed by atoms with Crippen molar-refractivity contribution in [3.8, 4) is 5.75 Å². The Hall–Kier alpha value is -1.69. The average Bonchev–Trinajstić information content (AvgIpc) is 2.34. The van der Waals surface area contributed by atoms with Crippen molar-refractivity contribution in [3.05, 3.63) is 29.3 Å². The molecular weight excluding hydrogens is 254 g/mol. The summed E-state index contributed by atoms with van der Waals surface area (Å²) >= 11 is 0. The summed E-state index contributed by atoms with van der Waals surface area (Å²) < 4.78 is 26.3. The second-order valence-corrected chi connectivity index (χ2v) is 4.62. The molecule has 0 saturated carbocycles. The van der Waals surface area contributed by atoms with E-state index in [-0.39, 0.29) is 18.4 Å². The van der Waals surface area contributed by atoms with E-state index in [1.54, 1.807) is 25.9 Å². The Morgan fingerprint density at radius 2 is 1.95 bits per heavy atom. The van der Waals surface area contributed by atoms with E-state index >= 15 is 0 Å². The van der Waals surface area contributed by atoms with Crippen molar-refractivity contribution in [2.45, 2.75) is 13.5 Å². The summed E-state index contributed by atoms with van der Waals surface area (Å²) in [4.78, 5) is 13.1. The van der Waals surface area contributed by atoms with Gasteiger partial charge >= 0.3 is 0 Å². The Morgan fingerprint density at radius 1 is 1.42 bits per heavy atom. The molecule has 19 heavy (non-hydrogen) atoms. The lowest BCUT2D eigenvalue weighted by Crippen LogP contribution is -2.34. The molecule has 1 amide bonds. The topological polar surface area (TPSA) is 52.6 Å². The molecule has 0 aliphatic carbocycles. The van der Waals surface area contributed by atoms with E-state index in [0.29, 0.717) is 12.1 Å². The molecule has 0 fully saturated rings. The Morgan fingerprint density at radius 3 is 2.42 bits per heavy atom. The zero-order chi connectivity index (χ0) is 14.6. The summed E-state index contributed by atoms with van der Waals surface area (Å²) in [7, 11) is 3.31. The van der Waals surface area contributed by atoms with Crippen LogP contribution in [-0.2, 0) is 11.3 Å². The van der Waals surface area contributed by atoms with Crippen LogP contribution in [0.4, 0.5) is 8.78 Å². The molecule has 0 spiro atoms. The van der Waals surface area contributed by atoms with E-state index in [1.807, 2.05) is 0 Å². The van der Waals surface area contributed by atoms with Crippen LogP contribution in [0.1, 0.15) is 12.5 Å². The minimum absolute atomic E-state index is 0.0880. The van der Waals surface area contributed by atoms with Gasteiger partial charge in [-0.2, -0.15) is 0 Å². The molecule has 0 aliphatic heterocycles. The van der Waals surface area contributed by atoms with Gasteiger partial charge in [0.15, 0.2) is 17.4 Å². The largest absolute Gasteiger partial charge is 0.503 e. The molecule has 0 heterocycles. The zero-order valence-corrected chi connectivity index (χ0v) is 11.2. The van der Waals surface area contributed by atoms with E-state index < -0.39 is 17.4 Å². The van der Waals surface area contributed by atoms with Crippen LogP contribution in [0.25, 0.3) is 0 Å². The van der Waals surface area contributed by atoms with E-state index in [2.05, 4.69) is 5.32 Å². The van der Waals surface area contributed by atoms with Crippen LogP contribution >= 0.6 is 0 Å². The first kappa shape index (κ1) is 15.4. The molecule has 4 nitrogen and oxygen atoms in total. The maximum Gasteiger partial charge on any atom is 0.223 e. The third-order valence-electron chi connectivity index (χ3n) is 2.81. The van der Waals surface area contributed by atoms with Crippen LogP contribution in [0.15, 0.2) is 12.1 Å². The number of amides is 1. The summed E-state index contributed by atoms with van der Waals surface area (Å²) in [5.41, 5.74) is 0.402. The summed E-state index contributed by atoms with van der Waals surface area (Å²) in [5, 5.41) is 11.5. The minimum Gasteiger partial charge on any atom is -0.503 e. The fraction of sp³-hybridized carbons (Fsp3) is 0.462. The Bertz CT molecular complexity index is 443. The van der Waals surface area contributed by atoms with Crippen LogP contribution in [0.2, 0.25) is 0 Å². The maximum absolute atomic E-state index is 13.2. The van der Waals surface area contributed by atoms with Crippen molar-refractivity contribution in [3.63, 3.8) is 0 Å². The van der Waals surface area contributed by atoms with Crippen molar-refractivity contribution >= 4 is 5.91 Å². The number of aromatic hydroxyl groups is 1. The lowest BCUT2D eigenvalue weighted by atomic mass is 10.1. The lowest BCUT2D eigenvalue weighted by molar-refractivity contribution is -0.124. The van der Waals surface area contributed by atoms with Gasteiger partial charge in [-0.05, 0) is 24.7 Å². The number of hydrogen-bond acceptors (Lipinski definition) is 3. The van der Waals surface area contributed by atoms with Gasteiger partial charge < -0.3 is 15.3 Å². The summed E-state index contributed by atoms with van der Waals surface area (Å²) in [6.45, 7) is 2.52. The zero-order valence-electron chi connectivity index (χ0n) is 11.2. The molecule has 0 aromatic heterocycles. The first-order valence-electron chi connectivity index (χ1n) is 5.92. The van der Waals surface area contributed by atoms with Gasteiger partial charge in [-0.25, -0.2) is 8.78 Å². The van der Waals surface area contributed by atoms with Gasteiger partial charge in [0.2, 0.25) is 5.91 Å². The van der Waals surface area contributed by atoms with Gasteiger partial charge in [-0.1, -0.05) is 6.92 Å². The smallest absolute Gasteiger partial charge is 0.223 e. The number of rotatable bonds is 5. The lowest BCUT2D eigenvalue weighted by Gasteiger charge is -2.20. The standard InChI is InChI=1S/C13H18F2N2O2/c1-8(13(19)16-2)6-17(3)7-9-4-10(14)12(18)11(15)5-9/h4-5,8,18H,6-7H2,1-3H3,(H,16,19). The predicted octanol–water partition coefficient (Wildman–Crippen LogP) is 1.48. The molecule has 1 rings (SSSR count). The number of halogens is 2. The van der Waals surface area contributed by atoms with Crippen LogP contribution in [0.3, 0.4) is 0 Å². The molecule has 0 saturated heterocycles. The molecule has 1 aromatic rings. The van der Waals surface area contributed by atoms with Crippen LogP contribution in [0.5, 0.6) is 5.75 Å². The molecule has 106 valence electrons. The van der Waals surface area contributed by atoms with Crippen molar-refractivity contribution in [2.24, 2.45) is 5.92 Å². The van der Waals surface area contributed by atoms with Gasteiger partial charge in [0, 0.05) is 26.1 Å². The minimum atomic E-state index is -0.984. The van der Waals surface area contributed by atoms with E-state index in [1.165, 1.54) is 0 Å². The normalized spacial score (nSPS) is 12.5. The molecule has 0 bridgehead atoms. The van der Waals surface area contributed by atoms with Crippen molar-refractivity contribution in [2.75, 3.05) is 20.6 Å². The Balaban J connectivity index is 2.67.